The van der Waals surface area contributed by atoms with Gasteiger partial charge in [-0.1, -0.05) is 46.3 Å². The van der Waals surface area contributed by atoms with Crippen LogP contribution in [0.3, 0.4) is 0 Å². The lowest BCUT2D eigenvalue weighted by molar-refractivity contribution is -0.145. The monoisotopic (exact) mass is 433 g/mol. The number of esters is 1. The Morgan fingerprint density at radius 1 is 1.04 bits per heavy atom. The first kappa shape index (κ1) is 20.4. The Morgan fingerprint density at radius 3 is 2.33 bits per heavy atom. The number of benzene rings is 2. The second-order valence-corrected chi connectivity index (χ2v) is 6.49. The van der Waals surface area contributed by atoms with E-state index in [1.807, 2.05) is 6.07 Å². The zero-order valence-corrected chi connectivity index (χ0v) is 16.3. The topological polar surface area (TPSA) is 96.5 Å². The Balaban J connectivity index is 1.84. The SMILES string of the molecule is COC(=O)C(NC(=O)CCNC(=O)Nc1ccccc1)c1ccc(Br)cc1. The lowest BCUT2D eigenvalue weighted by Gasteiger charge is -2.17. The second kappa shape index (κ2) is 10.3. The number of halogens is 1. The van der Waals surface area contributed by atoms with E-state index in [9.17, 15) is 14.4 Å². The molecule has 0 bridgehead atoms. The highest BCUT2D eigenvalue weighted by atomic mass is 79.9. The van der Waals surface area contributed by atoms with Crippen molar-refractivity contribution < 1.29 is 19.1 Å². The predicted molar refractivity (Wildman–Crippen MR) is 105 cm³/mol. The number of carbonyl (C=O) groups excluding carboxylic acids is 3. The van der Waals surface area contributed by atoms with E-state index in [1.165, 1.54) is 7.11 Å². The number of rotatable bonds is 7. The van der Waals surface area contributed by atoms with Crippen molar-refractivity contribution in [1.29, 1.82) is 0 Å². The highest BCUT2D eigenvalue weighted by Gasteiger charge is 2.23. The molecule has 0 aliphatic heterocycles. The fraction of sp³-hybridized carbons (Fsp3) is 0.211. The maximum atomic E-state index is 12.2. The van der Waals surface area contributed by atoms with Crippen molar-refractivity contribution in [2.24, 2.45) is 0 Å². The summed E-state index contributed by atoms with van der Waals surface area (Å²) in [4.78, 5) is 35.9. The minimum Gasteiger partial charge on any atom is -0.467 e. The number of hydrogen-bond acceptors (Lipinski definition) is 4. The number of amides is 3. The number of methoxy groups -OCH3 is 1. The van der Waals surface area contributed by atoms with E-state index in [1.54, 1.807) is 48.5 Å². The van der Waals surface area contributed by atoms with Gasteiger partial charge in [0, 0.05) is 23.1 Å². The third-order valence-corrected chi connectivity index (χ3v) is 4.14. The van der Waals surface area contributed by atoms with E-state index in [-0.39, 0.29) is 18.9 Å². The Labute approximate surface area is 165 Å². The van der Waals surface area contributed by atoms with Gasteiger partial charge in [-0.15, -0.1) is 0 Å². The molecule has 142 valence electrons. The maximum Gasteiger partial charge on any atom is 0.333 e. The van der Waals surface area contributed by atoms with Gasteiger partial charge in [0.25, 0.3) is 0 Å². The van der Waals surface area contributed by atoms with Crippen LogP contribution < -0.4 is 16.0 Å². The number of carbonyl (C=O) groups is 3. The maximum absolute atomic E-state index is 12.2. The largest absolute Gasteiger partial charge is 0.467 e. The molecule has 3 amide bonds. The minimum atomic E-state index is -0.909. The molecule has 1 atom stereocenters. The zero-order valence-electron chi connectivity index (χ0n) is 14.7. The molecule has 0 heterocycles. The van der Waals surface area contributed by atoms with Crippen LogP contribution in [0.5, 0.6) is 0 Å². The normalized spacial score (nSPS) is 11.2. The van der Waals surface area contributed by atoms with Gasteiger partial charge in [0.15, 0.2) is 6.04 Å². The molecule has 0 saturated heterocycles. The molecular weight excluding hydrogens is 414 g/mol. The summed E-state index contributed by atoms with van der Waals surface area (Å²) in [6.45, 7) is 0.124. The van der Waals surface area contributed by atoms with E-state index in [4.69, 9.17) is 4.74 Å². The summed E-state index contributed by atoms with van der Waals surface area (Å²) in [5, 5.41) is 7.87. The second-order valence-electron chi connectivity index (χ2n) is 5.57. The Bertz CT molecular complexity index is 781. The summed E-state index contributed by atoms with van der Waals surface area (Å²) in [5.74, 6) is -0.950. The molecule has 2 aromatic rings. The van der Waals surface area contributed by atoms with E-state index >= 15 is 0 Å². The van der Waals surface area contributed by atoms with Gasteiger partial charge in [0.05, 0.1) is 7.11 Å². The van der Waals surface area contributed by atoms with Crippen molar-refractivity contribution in [3.05, 3.63) is 64.6 Å². The highest BCUT2D eigenvalue weighted by Crippen LogP contribution is 2.18. The molecule has 0 saturated carbocycles. The third-order valence-electron chi connectivity index (χ3n) is 3.61. The summed E-state index contributed by atoms with van der Waals surface area (Å²) < 4.78 is 5.62. The molecule has 0 radical (unpaired) electrons. The van der Waals surface area contributed by atoms with Gasteiger partial charge >= 0.3 is 12.0 Å². The van der Waals surface area contributed by atoms with E-state index in [0.29, 0.717) is 11.3 Å². The summed E-state index contributed by atoms with van der Waals surface area (Å²) in [6, 6.07) is 14.6. The standard InChI is InChI=1S/C19H20BrN3O4/c1-27-18(25)17(13-7-9-14(20)10-8-13)23-16(24)11-12-21-19(26)22-15-5-3-2-4-6-15/h2-10,17H,11-12H2,1H3,(H,23,24)(H2,21,22,26). The summed E-state index contributed by atoms with van der Waals surface area (Å²) >= 11 is 3.32. The molecular formula is C19H20BrN3O4. The first-order valence-corrected chi connectivity index (χ1v) is 9.01. The third kappa shape index (κ3) is 6.74. The van der Waals surface area contributed by atoms with Crippen LogP contribution in [-0.2, 0) is 14.3 Å². The van der Waals surface area contributed by atoms with E-state index < -0.39 is 18.0 Å². The molecule has 27 heavy (non-hydrogen) atoms. The molecule has 2 rings (SSSR count). The van der Waals surface area contributed by atoms with Gasteiger partial charge in [0.1, 0.15) is 0 Å². The Hall–Kier alpha value is -2.87. The van der Waals surface area contributed by atoms with Crippen LogP contribution in [0.15, 0.2) is 59.1 Å². The van der Waals surface area contributed by atoms with Crippen molar-refractivity contribution >= 4 is 39.5 Å². The predicted octanol–water partition coefficient (Wildman–Crippen LogP) is 2.99. The van der Waals surface area contributed by atoms with Crippen LogP contribution in [0.4, 0.5) is 10.5 Å². The number of hydrogen-bond donors (Lipinski definition) is 3. The number of para-hydroxylation sites is 1. The summed E-state index contributed by atoms with van der Waals surface area (Å²) in [5.41, 5.74) is 1.26. The van der Waals surface area contributed by atoms with Gasteiger partial charge in [-0.2, -0.15) is 0 Å². The van der Waals surface area contributed by atoms with E-state index in [0.717, 1.165) is 4.47 Å². The lowest BCUT2D eigenvalue weighted by atomic mass is 10.1. The Kier molecular flexibility index (Phi) is 7.81. The molecule has 8 heteroatoms. The first-order chi connectivity index (χ1) is 13.0. The van der Waals surface area contributed by atoms with Crippen molar-refractivity contribution in [3.8, 4) is 0 Å². The average molecular weight is 434 g/mol. The number of ether oxygens (including phenoxy) is 1. The van der Waals surface area contributed by atoms with Crippen molar-refractivity contribution in [3.63, 3.8) is 0 Å². The molecule has 2 aromatic carbocycles. The van der Waals surface area contributed by atoms with Gasteiger partial charge < -0.3 is 20.7 Å². The highest BCUT2D eigenvalue weighted by molar-refractivity contribution is 9.10. The van der Waals surface area contributed by atoms with Gasteiger partial charge in [-0.05, 0) is 29.8 Å². The van der Waals surface area contributed by atoms with Crippen molar-refractivity contribution in [2.75, 3.05) is 19.0 Å². The van der Waals surface area contributed by atoms with Crippen LogP contribution >= 0.6 is 15.9 Å². The van der Waals surface area contributed by atoms with Crippen LogP contribution in [0.1, 0.15) is 18.0 Å². The van der Waals surface area contributed by atoms with Crippen molar-refractivity contribution in [2.45, 2.75) is 12.5 Å². The fourth-order valence-corrected chi connectivity index (χ4v) is 2.54. The summed E-state index contributed by atoms with van der Waals surface area (Å²) in [7, 11) is 1.26. The van der Waals surface area contributed by atoms with Crippen LogP contribution in [0.25, 0.3) is 0 Å². The molecule has 0 fully saturated rings. The fourth-order valence-electron chi connectivity index (χ4n) is 2.27. The average Bonchev–Trinajstić information content (AvgIpc) is 2.67. The molecule has 7 nitrogen and oxygen atoms in total. The first-order valence-electron chi connectivity index (χ1n) is 8.22. The molecule has 1 unspecified atom stereocenters. The quantitative estimate of drug-likeness (QED) is 0.584. The van der Waals surface area contributed by atoms with Gasteiger partial charge in [0.2, 0.25) is 5.91 Å². The smallest absolute Gasteiger partial charge is 0.333 e. The van der Waals surface area contributed by atoms with Crippen molar-refractivity contribution in [1.82, 2.24) is 10.6 Å². The van der Waals surface area contributed by atoms with Crippen LogP contribution in [-0.4, -0.2) is 31.6 Å². The van der Waals surface area contributed by atoms with Crippen LogP contribution in [0, 0.1) is 0 Å². The van der Waals surface area contributed by atoms with Crippen LogP contribution in [0.2, 0.25) is 0 Å². The number of nitrogens with one attached hydrogen (secondary N) is 3. The molecule has 0 aliphatic rings. The Morgan fingerprint density at radius 2 is 1.70 bits per heavy atom. The summed E-state index contributed by atoms with van der Waals surface area (Å²) in [6.07, 6.45) is 0.0201. The zero-order chi connectivity index (χ0) is 19.6. The molecule has 0 aromatic heterocycles. The molecule has 0 aliphatic carbocycles. The number of anilines is 1. The minimum absolute atomic E-state index is 0.0201. The lowest BCUT2D eigenvalue weighted by Crippen LogP contribution is -2.37. The molecule has 0 spiro atoms. The van der Waals surface area contributed by atoms with Gasteiger partial charge in [-0.25, -0.2) is 9.59 Å². The molecule has 3 N–H and O–H groups in total. The van der Waals surface area contributed by atoms with E-state index in [2.05, 4.69) is 31.9 Å². The number of urea groups is 1. The van der Waals surface area contributed by atoms with Gasteiger partial charge in [-0.3, -0.25) is 4.79 Å².